The van der Waals surface area contributed by atoms with Crippen LogP contribution in [-0.4, -0.2) is 30.1 Å². The number of unbranched alkanes of at least 4 members (excludes halogenated alkanes) is 1. The van der Waals surface area contributed by atoms with Gasteiger partial charge in [0.2, 0.25) is 0 Å². The molecule has 0 radical (unpaired) electrons. The molecule has 0 atom stereocenters. The third-order valence-corrected chi connectivity index (χ3v) is 6.39. The van der Waals surface area contributed by atoms with Gasteiger partial charge in [-0.2, -0.15) is 0 Å². The van der Waals surface area contributed by atoms with Crippen LogP contribution in [-0.2, 0) is 0 Å². The van der Waals surface area contributed by atoms with Crippen LogP contribution in [0.1, 0.15) is 78.6 Å². The highest BCUT2D eigenvalue weighted by Gasteiger charge is 2.36. The summed E-state index contributed by atoms with van der Waals surface area (Å²) in [4.78, 5) is 2.51. The van der Waals surface area contributed by atoms with E-state index in [4.69, 9.17) is 0 Å². The van der Waals surface area contributed by atoms with Crippen LogP contribution in [0.15, 0.2) is 71.5 Å². The van der Waals surface area contributed by atoms with Crippen LogP contribution in [0.3, 0.4) is 0 Å². The van der Waals surface area contributed by atoms with Gasteiger partial charge in [-0.05, 0) is 82.9 Å². The van der Waals surface area contributed by atoms with E-state index in [1.165, 1.54) is 69.2 Å². The summed E-state index contributed by atoms with van der Waals surface area (Å²) in [5.74, 6) is -0.488. The third-order valence-electron chi connectivity index (χ3n) is 6.39. The van der Waals surface area contributed by atoms with E-state index in [0.717, 1.165) is 32.5 Å². The summed E-state index contributed by atoms with van der Waals surface area (Å²) in [5.41, 5.74) is 4.50. The van der Waals surface area contributed by atoms with Gasteiger partial charge in [-0.25, -0.2) is 8.78 Å². The maximum atomic E-state index is 12.8. The normalized spacial score (nSPS) is 21.7. The number of hydrogen-bond acceptors (Lipinski definition) is 2. The molecule has 0 aromatic rings. The maximum absolute atomic E-state index is 12.8. The molecule has 0 aromatic heterocycles. The molecule has 0 amide bonds. The van der Waals surface area contributed by atoms with Gasteiger partial charge in [0.05, 0.1) is 5.83 Å². The first-order chi connectivity index (χ1) is 15.3. The molecule has 32 heavy (non-hydrogen) atoms. The average molecular weight is 445 g/mol. The number of nitrogens with one attached hydrogen (secondary N) is 1. The van der Waals surface area contributed by atoms with Crippen molar-refractivity contribution in [1.82, 2.24) is 10.2 Å². The van der Waals surface area contributed by atoms with E-state index in [0.29, 0.717) is 5.54 Å². The summed E-state index contributed by atoms with van der Waals surface area (Å²) < 4.78 is 24.6. The Morgan fingerprint density at radius 3 is 2.50 bits per heavy atom. The summed E-state index contributed by atoms with van der Waals surface area (Å²) in [5, 5.41) is 3.94. The van der Waals surface area contributed by atoms with Crippen LogP contribution in [0, 0.1) is 0 Å². The molecule has 0 bridgehead atoms. The lowest BCUT2D eigenvalue weighted by atomic mass is 9.83. The molecule has 2 saturated heterocycles. The number of fused-ring (bicyclic) bond motifs is 1. The quantitative estimate of drug-likeness (QED) is 0.420. The lowest BCUT2D eigenvalue weighted by molar-refractivity contribution is 0.145. The van der Waals surface area contributed by atoms with E-state index in [1.54, 1.807) is 17.7 Å². The molecular weight excluding hydrogens is 402 g/mol. The minimum atomic E-state index is -0.363. The lowest BCUT2D eigenvalue weighted by Gasteiger charge is -2.43. The fourth-order valence-corrected chi connectivity index (χ4v) is 4.61. The molecule has 178 valence electrons. The molecule has 2 heterocycles. The second-order valence-corrected chi connectivity index (χ2v) is 9.36. The molecule has 2 fully saturated rings. The van der Waals surface area contributed by atoms with Gasteiger partial charge in [0.25, 0.3) is 0 Å². The van der Waals surface area contributed by atoms with E-state index in [2.05, 4.69) is 35.9 Å². The molecule has 1 N–H and O–H groups in total. The van der Waals surface area contributed by atoms with Crippen LogP contribution in [0.5, 0.6) is 0 Å². The van der Waals surface area contributed by atoms with Crippen molar-refractivity contribution in [2.45, 2.75) is 84.1 Å². The largest absolute Gasteiger partial charge is 0.380 e. The van der Waals surface area contributed by atoms with Crippen molar-refractivity contribution in [3.8, 4) is 0 Å². The molecule has 3 rings (SSSR count). The monoisotopic (exact) mass is 444 g/mol. The van der Waals surface area contributed by atoms with Crippen LogP contribution in [0.4, 0.5) is 8.78 Å². The number of halogens is 2. The van der Waals surface area contributed by atoms with Crippen LogP contribution >= 0.6 is 0 Å². The number of hydrogen-bond donors (Lipinski definition) is 1. The van der Waals surface area contributed by atoms with Crippen molar-refractivity contribution in [3.63, 3.8) is 0 Å². The van der Waals surface area contributed by atoms with Gasteiger partial charge in [-0.1, -0.05) is 49.8 Å². The van der Waals surface area contributed by atoms with Gasteiger partial charge in [0.1, 0.15) is 5.83 Å². The average Bonchev–Trinajstić information content (AvgIpc) is 2.93. The van der Waals surface area contributed by atoms with Gasteiger partial charge in [0, 0.05) is 30.9 Å². The van der Waals surface area contributed by atoms with Crippen molar-refractivity contribution in [1.29, 1.82) is 0 Å². The Morgan fingerprint density at radius 2 is 1.84 bits per heavy atom. The minimum Gasteiger partial charge on any atom is -0.380 e. The number of piperidine rings is 1. The first-order valence-corrected chi connectivity index (χ1v) is 12.2. The summed E-state index contributed by atoms with van der Waals surface area (Å²) in [7, 11) is 0. The second kappa shape index (κ2) is 13.6. The standard InChI is InChI=1S/C21H31FN2.C7H11F/c1-17(9-10-18(2)22)16-24-14-12-21(13-15-24)11-5-7-19-6-3-4-8-20(19)23-21;1-3-4-5-6-7(2)8/h6,8-10,23H,3-5,7,11-16H2,1-2H3;5-6H,2-4H2,1H3/b17-9+,18-10+;6-5-. The van der Waals surface area contributed by atoms with E-state index in [9.17, 15) is 8.78 Å². The number of nitrogens with zero attached hydrogens (tertiary/aromatic N) is 1. The van der Waals surface area contributed by atoms with Crippen LogP contribution < -0.4 is 5.32 Å². The molecule has 0 saturated carbocycles. The van der Waals surface area contributed by atoms with E-state index in [1.807, 2.05) is 13.0 Å². The van der Waals surface area contributed by atoms with Crippen molar-refractivity contribution < 1.29 is 8.78 Å². The molecule has 2 nitrogen and oxygen atoms in total. The van der Waals surface area contributed by atoms with Gasteiger partial charge in [-0.3, -0.25) is 4.90 Å². The van der Waals surface area contributed by atoms with E-state index >= 15 is 0 Å². The summed E-state index contributed by atoms with van der Waals surface area (Å²) in [6.45, 7) is 11.9. The Kier molecular flexibility index (Phi) is 11.2. The second-order valence-electron chi connectivity index (χ2n) is 9.36. The SMILES string of the molecule is C/C(F)=C\C=C(/C)CN1CCC2(CCCC3=CCCC=C3N2)CC1.C=C(F)/C=C\CCC. The fraction of sp³-hybridized carbons (Fsp3) is 0.571. The van der Waals surface area contributed by atoms with E-state index in [-0.39, 0.29) is 11.7 Å². The van der Waals surface area contributed by atoms with Gasteiger partial charge in [0.15, 0.2) is 0 Å². The Balaban J connectivity index is 0.000000390. The molecule has 0 aromatic carbocycles. The summed E-state index contributed by atoms with van der Waals surface area (Å²) >= 11 is 0. The third kappa shape index (κ3) is 9.28. The Hall–Kier alpha value is -1.94. The predicted octanol–water partition coefficient (Wildman–Crippen LogP) is 7.84. The number of rotatable bonds is 6. The summed E-state index contributed by atoms with van der Waals surface area (Å²) in [6, 6.07) is 0. The van der Waals surface area contributed by atoms with Crippen molar-refractivity contribution in [2.75, 3.05) is 19.6 Å². The van der Waals surface area contributed by atoms with Gasteiger partial charge >= 0.3 is 0 Å². The molecule has 1 spiro atoms. The zero-order valence-electron chi connectivity index (χ0n) is 20.4. The maximum Gasteiger partial charge on any atom is 0.115 e. The molecule has 0 unspecified atom stereocenters. The van der Waals surface area contributed by atoms with E-state index < -0.39 is 0 Å². The number of allylic oxidation sites excluding steroid dienone is 9. The van der Waals surface area contributed by atoms with Crippen LogP contribution in [0.2, 0.25) is 0 Å². The fourth-order valence-electron chi connectivity index (χ4n) is 4.61. The summed E-state index contributed by atoms with van der Waals surface area (Å²) in [6.07, 6.45) is 22.1. The lowest BCUT2D eigenvalue weighted by Crippen LogP contribution is -2.52. The van der Waals surface area contributed by atoms with Crippen molar-refractivity contribution >= 4 is 0 Å². The smallest absolute Gasteiger partial charge is 0.115 e. The van der Waals surface area contributed by atoms with Gasteiger partial charge in [-0.15, -0.1) is 0 Å². The molecule has 2 aliphatic heterocycles. The van der Waals surface area contributed by atoms with Gasteiger partial charge < -0.3 is 5.32 Å². The highest BCUT2D eigenvalue weighted by atomic mass is 19.1. The zero-order valence-corrected chi connectivity index (χ0v) is 20.4. The minimum absolute atomic E-state index is 0.126. The number of likely N-dealkylation sites (tertiary alicyclic amines) is 1. The topological polar surface area (TPSA) is 15.3 Å². The van der Waals surface area contributed by atoms with Crippen molar-refractivity contribution in [2.24, 2.45) is 0 Å². The highest BCUT2D eigenvalue weighted by Crippen LogP contribution is 2.36. The predicted molar refractivity (Wildman–Crippen MR) is 134 cm³/mol. The first kappa shape index (κ1) is 26.3. The Bertz CT molecular complexity index is 758. The molecule has 4 heteroatoms. The highest BCUT2D eigenvalue weighted by molar-refractivity contribution is 5.35. The molecule has 1 aliphatic carbocycles. The molecular formula is C28H42F2N2. The van der Waals surface area contributed by atoms with Crippen molar-refractivity contribution in [3.05, 3.63) is 71.5 Å². The zero-order chi connectivity index (χ0) is 23.4. The first-order valence-electron chi connectivity index (χ1n) is 12.2. The Morgan fingerprint density at radius 1 is 1.12 bits per heavy atom. The molecule has 3 aliphatic rings. The van der Waals surface area contributed by atoms with Crippen LogP contribution in [0.25, 0.3) is 0 Å². The Labute approximate surface area is 194 Å².